The van der Waals surface area contributed by atoms with Crippen molar-refractivity contribution in [2.24, 2.45) is 5.41 Å². The highest BCUT2D eigenvalue weighted by atomic mass is 16.1. The molecular formula is C9H14O. The summed E-state index contributed by atoms with van der Waals surface area (Å²) in [6, 6.07) is 0. The van der Waals surface area contributed by atoms with Crippen molar-refractivity contribution in [2.45, 2.75) is 32.1 Å². The summed E-state index contributed by atoms with van der Waals surface area (Å²) >= 11 is 0. The topological polar surface area (TPSA) is 17.1 Å². The number of hydrogen-bond donors (Lipinski definition) is 0. The van der Waals surface area contributed by atoms with Gasteiger partial charge in [-0.25, -0.2) is 0 Å². The average Bonchev–Trinajstić information content (AvgIpc) is 2.70. The highest BCUT2D eigenvalue weighted by molar-refractivity contribution is 5.63. The zero-order valence-corrected chi connectivity index (χ0v) is 6.31. The molecule has 1 heteroatoms. The Morgan fingerprint density at radius 3 is 2.60 bits per heavy atom. The first kappa shape index (κ1) is 7.52. The van der Waals surface area contributed by atoms with Crippen LogP contribution in [0.4, 0.5) is 0 Å². The Balaban J connectivity index is 2.12. The summed E-state index contributed by atoms with van der Waals surface area (Å²) in [5.74, 6) is 0. The van der Waals surface area contributed by atoms with Crippen LogP contribution in [0.3, 0.4) is 0 Å². The van der Waals surface area contributed by atoms with Crippen LogP contribution in [0, 0.1) is 5.41 Å². The van der Waals surface area contributed by atoms with Gasteiger partial charge in [0.1, 0.15) is 6.29 Å². The van der Waals surface area contributed by atoms with E-state index in [2.05, 4.69) is 6.58 Å². The number of unbranched alkanes of at least 4 members (excludes halogenated alkanes) is 1. The van der Waals surface area contributed by atoms with Gasteiger partial charge in [0, 0.05) is 5.41 Å². The maximum absolute atomic E-state index is 10.5. The average molecular weight is 138 g/mol. The lowest BCUT2D eigenvalue weighted by Gasteiger charge is -2.02. The van der Waals surface area contributed by atoms with Gasteiger partial charge in [-0.3, -0.25) is 0 Å². The summed E-state index contributed by atoms with van der Waals surface area (Å²) < 4.78 is 0. The number of rotatable bonds is 5. The second kappa shape index (κ2) is 3.00. The molecule has 0 unspecified atom stereocenters. The maximum Gasteiger partial charge on any atom is 0.126 e. The molecule has 0 N–H and O–H groups in total. The minimum atomic E-state index is 0.114. The second-order valence-corrected chi connectivity index (χ2v) is 3.16. The smallest absolute Gasteiger partial charge is 0.126 e. The summed E-state index contributed by atoms with van der Waals surface area (Å²) in [5, 5.41) is 0. The van der Waals surface area contributed by atoms with Gasteiger partial charge in [-0.05, 0) is 32.1 Å². The molecule has 0 radical (unpaired) electrons. The SMILES string of the molecule is C=CCCCC1(C=O)CC1. The minimum Gasteiger partial charge on any atom is -0.303 e. The van der Waals surface area contributed by atoms with Gasteiger partial charge in [-0.15, -0.1) is 6.58 Å². The van der Waals surface area contributed by atoms with Gasteiger partial charge in [0.25, 0.3) is 0 Å². The summed E-state index contributed by atoms with van der Waals surface area (Å²) in [6.45, 7) is 3.64. The molecular weight excluding hydrogens is 124 g/mol. The van der Waals surface area contributed by atoms with Crippen molar-refractivity contribution in [3.8, 4) is 0 Å². The van der Waals surface area contributed by atoms with Crippen LogP contribution in [0.2, 0.25) is 0 Å². The van der Waals surface area contributed by atoms with Crippen molar-refractivity contribution in [3.63, 3.8) is 0 Å². The number of hydrogen-bond acceptors (Lipinski definition) is 1. The summed E-state index contributed by atoms with van der Waals surface area (Å²) in [4.78, 5) is 10.5. The standard InChI is InChI=1S/C9H14O/c1-2-3-4-5-9(8-10)6-7-9/h2,8H,1,3-7H2. The molecule has 0 aromatic carbocycles. The monoisotopic (exact) mass is 138 g/mol. The van der Waals surface area contributed by atoms with E-state index in [-0.39, 0.29) is 5.41 Å². The van der Waals surface area contributed by atoms with Gasteiger partial charge >= 0.3 is 0 Å². The molecule has 0 aliphatic heterocycles. The molecule has 10 heavy (non-hydrogen) atoms. The highest BCUT2D eigenvalue weighted by Gasteiger charge is 2.41. The van der Waals surface area contributed by atoms with Crippen LogP contribution < -0.4 is 0 Å². The highest BCUT2D eigenvalue weighted by Crippen LogP contribution is 2.47. The van der Waals surface area contributed by atoms with Crippen LogP contribution in [-0.2, 0) is 4.79 Å². The lowest BCUT2D eigenvalue weighted by atomic mass is 10.0. The minimum absolute atomic E-state index is 0.114. The molecule has 1 aliphatic carbocycles. The Kier molecular flexibility index (Phi) is 2.25. The number of carbonyl (C=O) groups excluding carboxylic acids is 1. The van der Waals surface area contributed by atoms with Crippen LogP contribution in [0.15, 0.2) is 12.7 Å². The fraction of sp³-hybridized carbons (Fsp3) is 0.667. The molecule has 1 fully saturated rings. The van der Waals surface area contributed by atoms with Crippen LogP contribution in [0.5, 0.6) is 0 Å². The third-order valence-corrected chi connectivity index (χ3v) is 2.23. The van der Waals surface area contributed by atoms with E-state index in [9.17, 15) is 4.79 Å². The van der Waals surface area contributed by atoms with E-state index in [4.69, 9.17) is 0 Å². The third-order valence-electron chi connectivity index (χ3n) is 2.23. The molecule has 1 saturated carbocycles. The molecule has 0 spiro atoms. The predicted octanol–water partition coefficient (Wildman–Crippen LogP) is 2.32. The Hall–Kier alpha value is -0.590. The van der Waals surface area contributed by atoms with Crippen molar-refractivity contribution >= 4 is 6.29 Å². The Labute approximate surface area is 62.1 Å². The Morgan fingerprint density at radius 1 is 1.50 bits per heavy atom. The summed E-state index contributed by atoms with van der Waals surface area (Å²) in [5.41, 5.74) is 0.114. The first-order valence-electron chi connectivity index (χ1n) is 3.90. The van der Waals surface area contributed by atoms with E-state index >= 15 is 0 Å². The molecule has 0 aromatic heterocycles. The normalized spacial score (nSPS) is 20.0. The van der Waals surface area contributed by atoms with Crippen LogP contribution in [0.25, 0.3) is 0 Å². The van der Waals surface area contributed by atoms with Crippen molar-refractivity contribution in [3.05, 3.63) is 12.7 Å². The molecule has 0 atom stereocenters. The first-order chi connectivity index (χ1) is 4.83. The van der Waals surface area contributed by atoms with Gasteiger partial charge in [-0.2, -0.15) is 0 Å². The summed E-state index contributed by atoms with van der Waals surface area (Å²) in [7, 11) is 0. The number of allylic oxidation sites excluding steroid dienone is 1. The summed E-state index contributed by atoms with van der Waals surface area (Å²) in [6.07, 6.45) is 8.54. The fourth-order valence-corrected chi connectivity index (χ4v) is 1.19. The van der Waals surface area contributed by atoms with E-state index in [1.807, 2.05) is 6.08 Å². The van der Waals surface area contributed by atoms with E-state index in [0.717, 1.165) is 38.4 Å². The van der Waals surface area contributed by atoms with Crippen LogP contribution >= 0.6 is 0 Å². The lowest BCUT2D eigenvalue weighted by Crippen LogP contribution is -2.00. The van der Waals surface area contributed by atoms with Gasteiger partial charge in [0.2, 0.25) is 0 Å². The van der Waals surface area contributed by atoms with E-state index in [1.165, 1.54) is 0 Å². The van der Waals surface area contributed by atoms with Crippen molar-refractivity contribution in [1.82, 2.24) is 0 Å². The van der Waals surface area contributed by atoms with Gasteiger partial charge in [0.05, 0.1) is 0 Å². The zero-order valence-electron chi connectivity index (χ0n) is 6.31. The number of aldehydes is 1. The van der Waals surface area contributed by atoms with Crippen molar-refractivity contribution in [1.29, 1.82) is 0 Å². The molecule has 0 amide bonds. The van der Waals surface area contributed by atoms with Crippen LogP contribution in [-0.4, -0.2) is 6.29 Å². The lowest BCUT2D eigenvalue weighted by molar-refractivity contribution is -0.112. The van der Waals surface area contributed by atoms with Gasteiger partial charge in [0.15, 0.2) is 0 Å². The molecule has 56 valence electrons. The van der Waals surface area contributed by atoms with E-state index in [0.29, 0.717) is 0 Å². The van der Waals surface area contributed by atoms with Crippen molar-refractivity contribution < 1.29 is 4.79 Å². The molecule has 1 nitrogen and oxygen atoms in total. The predicted molar refractivity (Wildman–Crippen MR) is 41.8 cm³/mol. The quantitative estimate of drug-likeness (QED) is 0.324. The van der Waals surface area contributed by atoms with Gasteiger partial charge < -0.3 is 4.79 Å². The second-order valence-electron chi connectivity index (χ2n) is 3.16. The molecule has 1 rings (SSSR count). The molecule has 0 heterocycles. The zero-order chi connectivity index (χ0) is 7.45. The molecule has 0 saturated heterocycles. The fourth-order valence-electron chi connectivity index (χ4n) is 1.19. The maximum atomic E-state index is 10.5. The molecule has 0 bridgehead atoms. The Bertz CT molecular complexity index is 134. The first-order valence-corrected chi connectivity index (χ1v) is 3.90. The van der Waals surface area contributed by atoms with E-state index < -0.39 is 0 Å². The van der Waals surface area contributed by atoms with Crippen molar-refractivity contribution in [2.75, 3.05) is 0 Å². The van der Waals surface area contributed by atoms with Crippen LogP contribution in [0.1, 0.15) is 32.1 Å². The molecule has 0 aromatic rings. The van der Waals surface area contributed by atoms with Gasteiger partial charge in [-0.1, -0.05) is 6.08 Å². The Morgan fingerprint density at radius 2 is 2.20 bits per heavy atom. The number of carbonyl (C=O) groups is 1. The van der Waals surface area contributed by atoms with E-state index in [1.54, 1.807) is 0 Å². The molecule has 1 aliphatic rings. The third kappa shape index (κ3) is 1.69. The largest absolute Gasteiger partial charge is 0.303 e.